The van der Waals surface area contributed by atoms with Gasteiger partial charge in [-0.25, -0.2) is 4.79 Å². The fourth-order valence-electron chi connectivity index (χ4n) is 2.57. The van der Waals surface area contributed by atoms with Gasteiger partial charge in [0.1, 0.15) is 19.0 Å². The molecule has 1 amide bonds. The molecule has 2 heterocycles. The van der Waals surface area contributed by atoms with E-state index in [2.05, 4.69) is 0 Å². The van der Waals surface area contributed by atoms with Crippen molar-refractivity contribution >= 4 is 17.7 Å². The van der Waals surface area contributed by atoms with Gasteiger partial charge in [0.25, 0.3) is 0 Å². The van der Waals surface area contributed by atoms with E-state index >= 15 is 0 Å². The third-order valence-corrected chi connectivity index (χ3v) is 3.52. The number of alkyl halides is 1. The summed E-state index contributed by atoms with van der Waals surface area (Å²) < 4.78 is 16.0. The third kappa shape index (κ3) is 2.67. The van der Waals surface area contributed by atoms with E-state index in [9.17, 15) is 4.79 Å². The van der Waals surface area contributed by atoms with Crippen molar-refractivity contribution in [2.75, 3.05) is 26.3 Å². The molecule has 0 unspecified atom stereocenters. The fourth-order valence-corrected chi connectivity index (χ4v) is 2.78. The first-order valence-electron chi connectivity index (χ1n) is 5.91. The maximum atomic E-state index is 11.8. The Morgan fingerprint density at radius 1 is 1.59 bits per heavy atom. The molecule has 0 aromatic carbocycles. The van der Waals surface area contributed by atoms with E-state index < -0.39 is 0 Å². The van der Waals surface area contributed by atoms with Crippen LogP contribution in [0.1, 0.15) is 19.3 Å². The molecule has 3 atom stereocenters. The molecular weight excluding hydrogens is 246 g/mol. The summed E-state index contributed by atoms with van der Waals surface area (Å²) in [7, 11) is 1.58. The second kappa shape index (κ2) is 5.89. The monoisotopic (exact) mass is 263 g/mol. The Hall–Kier alpha value is -0.520. The number of rotatable bonds is 5. The van der Waals surface area contributed by atoms with Crippen LogP contribution in [-0.2, 0) is 14.2 Å². The summed E-state index contributed by atoms with van der Waals surface area (Å²) in [6, 6.07) is 0.111. The minimum Gasteiger partial charge on any atom is -0.443 e. The molecule has 98 valence electrons. The lowest BCUT2D eigenvalue weighted by Crippen LogP contribution is -2.56. The molecule has 0 aromatic heterocycles. The minimum atomic E-state index is -0.255. The molecule has 2 aliphatic heterocycles. The average molecular weight is 264 g/mol. The van der Waals surface area contributed by atoms with Crippen LogP contribution in [0.4, 0.5) is 4.79 Å². The lowest BCUT2D eigenvalue weighted by atomic mass is 10.00. The van der Waals surface area contributed by atoms with Gasteiger partial charge in [0.05, 0.1) is 6.04 Å². The Kier molecular flexibility index (Phi) is 4.48. The van der Waals surface area contributed by atoms with Crippen LogP contribution in [0.2, 0.25) is 0 Å². The van der Waals surface area contributed by atoms with Gasteiger partial charge in [0.2, 0.25) is 0 Å². The molecule has 2 fully saturated rings. The van der Waals surface area contributed by atoms with Crippen molar-refractivity contribution in [1.29, 1.82) is 0 Å². The molecule has 5 nitrogen and oxygen atoms in total. The van der Waals surface area contributed by atoms with Gasteiger partial charge in [-0.05, 0) is 12.8 Å². The third-order valence-electron chi connectivity index (χ3n) is 3.30. The zero-order chi connectivity index (χ0) is 12.3. The number of ether oxygens (including phenoxy) is 3. The first-order valence-corrected chi connectivity index (χ1v) is 6.45. The van der Waals surface area contributed by atoms with E-state index in [0.717, 1.165) is 19.4 Å². The summed E-state index contributed by atoms with van der Waals surface area (Å²) in [5.41, 5.74) is 0. The highest BCUT2D eigenvalue weighted by molar-refractivity contribution is 6.17. The molecule has 0 aliphatic carbocycles. The first-order chi connectivity index (χ1) is 8.27. The molecule has 0 bridgehead atoms. The van der Waals surface area contributed by atoms with Gasteiger partial charge in [-0.15, -0.1) is 11.6 Å². The van der Waals surface area contributed by atoms with Gasteiger partial charge < -0.3 is 19.1 Å². The van der Waals surface area contributed by atoms with E-state index in [1.165, 1.54) is 0 Å². The zero-order valence-corrected chi connectivity index (χ0v) is 10.7. The van der Waals surface area contributed by atoms with Crippen molar-refractivity contribution in [3.05, 3.63) is 0 Å². The highest BCUT2D eigenvalue weighted by Gasteiger charge is 2.46. The van der Waals surface area contributed by atoms with E-state index in [4.69, 9.17) is 25.8 Å². The highest BCUT2D eigenvalue weighted by atomic mass is 35.5. The molecule has 6 heteroatoms. The van der Waals surface area contributed by atoms with Crippen molar-refractivity contribution < 1.29 is 19.0 Å². The zero-order valence-electron chi connectivity index (χ0n) is 9.93. The standard InChI is InChI=1S/C11H18ClNO4/c1-15-7-16-10-8-3-2-6-13(8)11(14)17-9(10)4-5-12/h8-10H,2-7H2,1H3/t8-,9-,10-/m0/s1. The number of carbonyl (C=O) groups excluding carboxylic acids is 1. The van der Waals surface area contributed by atoms with Crippen LogP contribution in [-0.4, -0.2) is 55.6 Å². The SMILES string of the molecule is COCO[C@@H]1[C@H](CCCl)OC(=O)N2CCC[C@@H]12. The highest BCUT2D eigenvalue weighted by Crippen LogP contribution is 2.31. The number of halogens is 1. The lowest BCUT2D eigenvalue weighted by molar-refractivity contribution is -0.155. The number of nitrogens with zero attached hydrogens (tertiary/aromatic N) is 1. The smallest absolute Gasteiger partial charge is 0.410 e. The average Bonchev–Trinajstić information content (AvgIpc) is 2.78. The van der Waals surface area contributed by atoms with Crippen molar-refractivity contribution in [3.8, 4) is 0 Å². The second-order valence-electron chi connectivity index (χ2n) is 4.34. The van der Waals surface area contributed by atoms with Crippen molar-refractivity contribution in [3.63, 3.8) is 0 Å². The van der Waals surface area contributed by atoms with Gasteiger partial charge in [0.15, 0.2) is 0 Å². The van der Waals surface area contributed by atoms with Crippen molar-refractivity contribution in [1.82, 2.24) is 4.90 Å². The Bertz CT molecular complexity index is 276. The summed E-state index contributed by atoms with van der Waals surface area (Å²) in [5, 5.41) is 0. The molecule has 0 saturated carbocycles. The maximum absolute atomic E-state index is 11.8. The summed E-state index contributed by atoms with van der Waals surface area (Å²) in [5.74, 6) is 0.456. The molecule has 2 aliphatic rings. The molecular formula is C11H18ClNO4. The van der Waals surface area contributed by atoms with Crippen LogP contribution >= 0.6 is 11.6 Å². The second-order valence-corrected chi connectivity index (χ2v) is 4.72. The quantitative estimate of drug-likeness (QED) is 0.558. The van der Waals surface area contributed by atoms with Gasteiger partial charge in [-0.1, -0.05) is 0 Å². The fraction of sp³-hybridized carbons (Fsp3) is 0.909. The number of fused-ring (bicyclic) bond motifs is 1. The lowest BCUT2D eigenvalue weighted by Gasteiger charge is -2.40. The van der Waals surface area contributed by atoms with E-state index in [1.54, 1.807) is 12.0 Å². The Morgan fingerprint density at radius 3 is 3.12 bits per heavy atom. The molecule has 0 radical (unpaired) electrons. The summed E-state index contributed by atoms with van der Waals surface area (Å²) in [6.45, 7) is 0.968. The van der Waals surface area contributed by atoms with Crippen LogP contribution in [0.25, 0.3) is 0 Å². The Balaban J connectivity index is 2.06. The molecule has 2 rings (SSSR count). The predicted molar refractivity (Wildman–Crippen MR) is 62.1 cm³/mol. The van der Waals surface area contributed by atoms with E-state index in [1.807, 2.05) is 0 Å². The van der Waals surface area contributed by atoms with Crippen LogP contribution in [0.5, 0.6) is 0 Å². The van der Waals surface area contributed by atoms with Crippen LogP contribution < -0.4 is 0 Å². The van der Waals surface area contributed by atoms with Gasteiger partial charge in [-0.3, -0.25) is 0 Å². The molecule has 0 spiro atoms. The maximum Gasteiger partial charge on any atom is 0.410 e. The number of cyclic esters (lactones) is 1. The molecule has 0 N–H and O–H groups in total. The van der Waals surface area contributed by atoms with Crippen molar-refractivity contribution in [2.45, 2.75) is 37.5 Å². The van der Waals surface area contributed by atoms with Crippen LogP contribution in [0, 0.1) is 0 Å². The number of carbonyl (C=O) groups is 1. The Labute approximate surface area is 106 Å². The summed E-state index contributed by atoms with van der Waals surface area (Å²) >= 11 is 5.73. The Morgan fingerprint density at radius 2 is 2.41 bits per heavy atom. The molecule has 17 heavy (non-hydrogen) atoms. The first kappa shape index (κ1) is 12.9. The van der Waals surface area contributed by atoms with E-state index in [0.29, 0.717) is 12.3 Å². The number of methoxy groups -OCH3 is 1. The number of hydrogen-bond donors (Lipinski definition) is 0. The molecule has 0 aromatic rings. The normalized spacial score (nSPS) is 32.5. The van der Waals surface area contributed by atoms with Gasteiger partial charge in [-0.2, -0.15) is 0 Å². The number of hydrogen-bond acceptors (Lipinski definition) is 4. The van der Waals surface area contributed by atoms with E-state index in [-0.39, 0.29) is 31.1 Å². The predicted octanol–water partition coefficient (Wildman–Crippen LogP) is 1.59. The number of amides is 1. The van der Waals surface area contributed by atoms with Crippen LogP contribution in [0.15, 0.2) is 0 Å². The van der Waals surface area contributed by atoms with Gasteiger partial charge >= 0.3 is 6.09 Å². The van der Waals surface area contributed by atoms with Crippen molar-refractivity contribution in [2.24, 2.45) is 0 Å². The van der Waals surface area contributed by atoms with Crippen LogP contribution in [0.3, 0.4) is 0 Å². The summed E-state index contributed by atoms with van der Waals surface area (Å²) in [6.07, 6.45) is 1.96. The summed E-state index contributed by atoms with van der Waals surface area (Å²) in [4.78, 5) is 13.5. The minimum absolute atomic E-state index is 0.111. The van der Waals surface area contributed by atoms with Gasteiger partial charge in [0, 0.05) is 26.0 Å². The molecule has 2 saturated heterocycles. The topological polar surface area (TPSA) is 48.0 Å². The largest absolute Gasteiger partial charge is 0.443 e.